The number of thioether (sulfide) groups is 1. The second-order valence-electron chi connectivity index (χ2n) is 4.86. The standard InChI is InChI=1S/C13H19N7O2S2/c1-2-8(5-17-11-10(20(21)22)3-4-16-11)24-12(19-13(14)15)9-6-23-7-18-9/h3-4,6-8,12,16-17H,2,5H2,1H3,(H4,14,15,19). The van der Waals surface area contributed by atoms with Gasteiger partial charge in [0, 0.05) is 29.4 Å². The molecular formula is C13H19N7O2S2. The molecule has 2 atom stereocenters. The number of aromatic nitrogens is 2. The van der Waals surface area contributed by atoms with E-state index < -0.39 is 4.92 Å². The van der Waals surface area contributed by atoms with Crippen molar-refractivity contribution >= 4 is 40.6 Å². The zero-order valence-electron chi connectivity index (χ0n) is 13.0. The first-order chi connectivity index (χ1) is 11.5. The number of hydrogen-bond acceptors (Lipinski definition) is 7. The van der Waals surface area contributed by atoms with Gasteiger partial charge in [-0.1, -0.05) is 6.92 Å². The minimum absolute atomic E-state index is 0.00307. The van der Waals surface area contributed by atoms with E-state index >= 15 is 0 Å². The second kappa shape index (κ2) is 8.55. The number of H-pyrrole nitrogens is 1. The Morgan fingerprint density at radius 1 is 1.62 bits per heavy atom. The van der Waals surface area contributed by atoms with Crippen molar-refractivity contribution in [1.82, 2.24) is 9.97 Å². The molecule has 2 aromatic rings. The Hall–Kier alpha value is -2.27. The van der Waals surface area contributed by atoms with E-state index in [-0.39, 0.29) is 22.3 Å². The number of nitrogens with one attached hydrogen (secondary N) is 2. The maximum atomic E-state index is 10.9. The summed E-state index contributed by atoms with van der Waals surface area (Å²) in [6.45, 7) is 2.57. The summed E-state index contributed by atoms with van der Waals surface area (Å²) in [5.74, 6) is 0.398. The SMILES string of the molecule is CCC(CNc1[nH]ccc1[N+](=O)[O-])SC(N=C(N)N)c1cscn1. The Balaban J connectivity index is 2.03. The van der Waals surface area contributed by atoms with Crippen LogP contribution in [0.1, 0.15) is 24.4 Å². The molecular weight excluding hydrogens is 350 g/mol. The maximum Gasteiger partial charge on any atom is 0.310 e. The third-order valence-corrected chi connectivity index (χ3v) is 5.27. The summed E-state index contributed by atoms with van der Waals surface area (Å²) in [4.78, 5) is 21.9. The van der Waals surface area contributed by atoms with Gasteiger partial charge in [0.1, 0.15) is 5.37 Å². The lowest BCUT2D eigenvalue weighted by Crippen LogP contribution is -2.24. The molecule has 0 aromatic carbocycles. The smallest absolute Gasteiger partial charge is 0.310 e. The molecule has 9 nitrogen and oxygen atoms in total. The van der Waals surface area contributed by atoms with Gasteiger partial charge in [-0.05, 0) is 6.42 Å². The number of nitro groups is 1. The fraction of sp³-hybridized carbons (Fsp3) is 0.385. The van der Waals surface area contributed by atoms with E-state index in [1.165, 1.54) is 23.6 Å². The molecule has 0 amide bonds. The molecule has 0 spiro atoms. The highest BCUT2D eigenvalue weighted by molar-refractivity contribution is 8.00. The molecule has 2 unspecified atom stereocenters. The Labute approximate surface area is 147 Å². The van der Waals surface area contributed by atoms with Crippen LogP contribution in [-0.4, -0.2) is 32.6 Å². The Kier molecular flexibility index (Phi) is 6.44. The fourth-order valence-corrected chi connectivity index (χ4v) is 3.83. The molecule has 0 aliphatic rings. The quantitative estimate of drug-likeness (QED) is 0.229. The number of nitrogens with zero attached hydrogens (tertiary/aromatic N) is 3. The van der Waals surface area contributed by atoms with Crippen LogP contribution in [0.25, 0.3) is 0 Å². The largest absolute Gasteiger partial charge is 0.370 e. The van der Waals surface area contributed by atoms with Gasteiger partial charge in [-0.3, -0.25) is 10.1 Å². The van der Waals surface area contributed by atoms with Gasteiger partial charge in [0.05, 0.1) is 16.1 Å². The summed E-state index contributed by atoms with van der Waals surface area (Å²) in [6.07, 6.45) is 2.37. The van der Waals surface area contributed by atoms with E-state index in [1.807, 2.05) is 12.3 Å². The van der Waals surface area contributed by atoms with Gasteiger partial charge in [0.25, 0.3) is 0 Å². The summed E-state index contributed by atoms with van der Waals surface area (Å²) in [7, 11) is 0. The van der Waals surface area contributed by atoms with Crippen LogP contribution in [0.3, 0.4) is 0 Å². The maximum absolute atomic E-state index is 10.9. The van der Waals surface area contributed by atoms with Gasteiger partial charge >= 0.3 is 5.69 Å². The average molecular weight is 369 g/mol. The highest BCUT2D eigenvalue weighted by Crippen LogP contribution is 2.35. The number of thiazole rings is 1. The highest BCUT2D eigenvalue weighted by atomic mass is 32.2. The summed E-state index contributed by atoms with van der Waals surface area (Å²) < 4.78 is 0. The Bertz CT molecular complexity index is 682. The molecule has 0 saturated carbocycles. The first kappa shape index (κ1) is 18.1. The minimum atomic E-state index is -0.426. The number of rotatable bonds is 9. The average Bonchev–Trinajstić information content (AvgIpc) is 3.20. The molecule has 0 aliphatic heterocycles. The van der Waals surface area contributed by atoms with Crippen LogP contribution < -0.4 is 16.8 Å². The first-order valence-electron chi connectivity index (χ1n) is 7.19. The van der Waals surface area contributed by atoms with Crippen molar-refractivity contribution in [3.05, 3.63) is 39.0 Å². The lowest BCUT2D eigenvalue weighted by atomic mass is 10.3. The highest BCUT2D eigenvalue weighted by Gasteiger charge is 2.21. The molecule has 0 fully saturated rings. The van der Waals surface area contributed by atoms with Crippen LogP contribution in [0.5, 0.6) is 0 Å². The molecule has 0 aliphatic carbocycles. The van der Waals surface area contributed by atoms with Crippen molar-refractivity contribution in [1.29, 1.82) is 0 Å². The normalized spacial score (nSPS) is 13.2. The predicted octanol–water partition coefficient (Wildman–Crippen LogP) is 2.28. The number of nitrogens with two attached hydrogens (primary N) is 2. The molecule has 2 aromatic heterocycles. The van der Waals surface area contributed by atoms with E-state index in [2.05, 4.69) is 20.3 Å². The number of hydrogen-bond donors (Lipinski definition) is 4. The topological polar surface area (TPSA) is 148 Å². The number of aromatic amines is 1. The molecule has 2 rings (SSSR count). The van der Waals surface area contributed by atoms with E-state index in [1.54, 1.807) is 17.3 Å². The molecule has 6 N–H and O–H groups in total. The molecule has 2 heterocycles. The van der Waals surface area contributed by atoms with E-state index in [0.717, 1.165) is 12.1 Å². The number of guanidine groups is 1. The van der Waals surface area contributed by atoms with Crippen molar-refractivity contribution in [2.24, 2.45) is 16.5 Å². The monoisotopic (exact) mass is 369 g/mol. The van der Waals surface area contributed by atoms with Crippen LogP contribution >= 0.6 is 23.1 Å². The summed E-state index contributed by atoms with van der Waals surface area (Å²) in [5, 5.41) is 15.8. The van der Waals surface area contributed by atoms with Crippen LogP contribution in [0.4, 0.5) is 11.5 Å². The minimum Gasteiger partial charge on any atom is -0.370 e. The van der Waals surface area contributed by atoms with Gasteiger partial charge in [-0.15, -0.1) is 23.1 Å². The molecule has 0 radical (unpaired) electrons. The summed E-state index contributed by atoms with van der Waals surface area (Å²) >= 11 is 3.04. The van der Waals surface area contributed by atoms with Gasteiger partial charge in [-0.25, -0.2) is 9.98 Å². The predicted molar refractivity (Wildman–Crippen MR) is 98.3 cm³/mol. The van der Waals surface area contributed by atoms with E-state index in [0.29, 0.717) is 12.4 Å². The van der Waals surface area contributed by atoms with Crippen molar-refractivity contribution in [2.75, 3.05) is 11.9 Å². The lowest BCUT2D eigenvalue weighted by molar-refractivity contribution is -0.383. The zero-order valence-corrected chi connectivity index (χ0v) is 14.6. The second-order valence-corrected chi connectivity index (χ2v) is 6.97. The number of anilines is 1. The van der Waals surface area contributed by atoms with Gasteiger partial charge < -0.3 is 21.8 Å². The van der Waals surface area contributed by atoms with E-state index in [4.69, 9.17) is 11.5 Å². The van der Waals surface area contributed by atoms with Crippen LogP contribution in [-0.2, 0) is 0 Å². The lowest BCUT2D eigenvalue weighted by Gasteiger charge is -2.19. The third-order valence-electron chi connectivity index (χ3n) is 3.18. The Morgan fingerprint density at radius 2 is 2.42 bits per heavy atom. The molecule has 0 bridgehead atoms. The zero-order chi connectivity index (χ0) is 17.5. The van der Waals surface area contributed by atoms with Crippen LogP contribution in [0, 0.1) is 10.1 Å². The molecule has 24 heavy (non-hydrogen) atoms. The van der Waals surface area contributed by atoms with Crippen LogP contribution in [0.2, 0.25) is 0 Å². The van der Waals surface area contributed by atoms with E-state index in [9.17, 15) is 10.1 Å². The molecule has 11 heteroatoms. The van der Waals surface area contributed by atoms with Crippen LogP contribution in [0.15, 0.2) is 28.1 Å². The van der Waals surface area contributed by atoms with Gasteiger partial charge in [-0.2, -0.15) is 0 Å². The van der Waals surface area contributed by atoms with Gasteiger partial charge in [0.15, 0.2) is 11.8 Å². The summed E-state index contributed by atoms with van der Waals surface area (Å²) in [6, 6.07) is 1.42. The first-order valence-corrected chi connectivity index (χ1v) is 9.07. The van der Waals surface area contributed by atoms with Crippen molar-refractivity contribution < 1.29 is 4.92 Å². The Morgan fingerprint density at radius 3 is 3.00 bits per heavy atom. The third kappa shape index (κ3) is 4.86. The van der Waals surface area contributed by atoms with Gasteiger partial charge in [0.2, 0.25) is 0 Å². The molecule has 0 saturated heterocycles. The van der Waals surface area contributed by atoms with Crippen molar-refractivity contribution in [3.63, 3.8) is 0 Å². The number of aliphatic imine (C=N–C) groups is 1. The fourth-order valence-electron chi connectivity index (χ4n) is 1.99. The van der Waals surface area contributed by atoms with Crippen molar-refractivity contribution in [2.45, 2.75) is 24.0 Å². The summed E-state index contributed by atoms with van der Waals surface area (Å²) in [5.41, 5.74) is 13.6. The van der Waals surface area contributed by atoms with Crippen molar-refractivity contribution in [3.8, 4) is 0 Å². The molecule has 130 valence electrons.